The molecule has 2 aromatic heterocycles. The van der Waals surface area contributed by atoms with Crippen LogP contribution in [-0.4, -0.2) is 13.4 Å². The standard InChI is InChI=1S/C15H9F2N3O2S2/c16-12-3-9(5-18)1-2-14(12)20-24(21,22)10-4-15(19-6-10)11-7-23-8-13(11)17/h1-4,6-8,19-20H. The number of hydrogen-bond acceptors (Lipinski definition) is 4. The van der Waals surface area contributed by atoms with Crippen molar-refractivity contribution >= 4 is 27.0 Å². The second kappa shape index (κ2) is 6.07. The smallest absolute Gasteiger partial charge is 0.263 e. The first kappa shape index (κ1) is 16.2. The zero-order valence-corrected chi connectivity index (χ0v) is 13.5. The number of benzene rings is 1. The number of sulfonamides is 1. The Bertz CT molecular complexity index is 1050. The van der Waals surface area contributed by atoms with Crippen molar-refractivity contribution in [1.82, 2.24) is 4.98 Å². The number of aromatic amines is 1. The van der Waals surface area contributed by atoms with Gasteiger partial charge in [0.2, 0.25) is 0 Å². The highest BCUT2D eigenvalue weighted by Crippen LogP contribution is 2.28. The average Bonchev–Trinajstić information content (AvgIpc) is 3.18. The van der Waals surface area contributed by atoms with Crippen molar-refractivity contribution in [3.63, 3.8) is 0 Å². The summed E-state index contributed by atoms with van der Waals surface area (Å²) in [6.07, 6.45) is 1.19. The van der Waals surface area contributed by atoms with Crippen LogP contribution in [0.3, 0.4) is 0 Å². The van der Waals surface area contributed by atoms with Gasteiger partial charge in [0, 0.05) is 22.5 Å². The SMILES string of the molecule is N#Cc1ccc(NS(=O)(=O)c2c[nH]c(-c3cscc3F)c2)c(F)c1. The second-order valence-electron chi connectivity index (χ2n) is 4.79. The number of thiophene rings is 1. The molecule has 1 aromatic carbocycles. The Balaban J connectivity index is 1.91. The maximum absolute atomic E-state index is 13.8. The van der Waals surface area contributed by atoms with Gasteiger partial charge in [-0.05, 0) is 24.3 Å². The van der Waals surface area contributed by atoms with Crippen molar-refractivity contribution in [3.05, 3.63) is 58.4 Å². The molecule has 0 atom stereocenters. The van der Waals surface area contributed by atoms with Gasteiger partial charge < -0.3 is 4.98 Å². The Morgan fingerprint density at radius 3 is 2.58 bits per heavy atom. The normalized spacial score (nSPS) is 11.2. The third kappa shape index (κ3) is 3.02. The summed E-state index contributed by atoms with van der Waals surface area (Å²) < 4.78 is 54.1. The minimum atomic E-state index is -4.06. The molecule has 3 rings (SSSR count). The summed E-state index contributed by atoms with van der Waals surface area (Å²) in [5, 5.41) is 11.5. The first-order valence-electron chi connectivity index (χ1n) is 6.53. The van der Waals surface area contributed by atoms with Crippen LogP contribution < -0.4 is 4.72 Å². The number of halogens is 2. The molecular formula is C15H9F2N3O2S2. The first-order valence-corrected chi connectivity index (χ1v) is 8.96. The molecule has 2 heterocycles. The largest absolute Gasteiger partial charge is 0.360 e. The van der Waals surface area contributed by atoms with Gasteiger partial charge in [0.05, 0.1) is 23.0 Å². The number of nitriles is 1. The van der Waals surface area contributed by atoms with E-state index in [1.807, 2.05) is 0 Å². The fourth-order valence-corrected chi connectivity index (χ4v) is 3.78. The molecule has 3 aromatic rings. The average molecular weight is 365 g/mol. The van der Waals surface area contributed by atoms with Crippen LogP contribution in [0.1, 0.15) is 5.56 Å². The van der Waals surface area contributed by atoms with Gasteiger partial charge in [0.1, 0.15) is 16.5 Å². The third-order valence-corrected chi connectivity index (χ3v) is 5.27. The molecule has 122 valence electrons. The van der Waals surface area contributed by atoms with Crippen LogP contribution in [0.4, 0.5) is 14.5 Å². The highest BCUT2D eigenvalue weighted by molar-refractivity contribution is 7.92. The van der Waals surface area contributed by atoms with Gasteiger partial charge in [-0.25, -0.2) is 17.2 Å². The van der Waals surface area contributed by atoms with Gasteiger partial charge >= 0.3 is 0 Å². The predicted molar refractivity (Wildman–Crippen MR) is 86.0 cm³/mol. The quantitative estimate of drug-likeness (QED) is 0.739. The van der Waals surface area contributed by atoms with E-state index in [1.54, 1.807) is 11.4 Å². The van der Waals surface area contributed by atoms with Crippen molar-refractivity contribution in [1.29, 1.82) is 5.26 Å². The number of hydrogen-bond donors (Lipinski definition) is 2. The van der Waals surface area contributed by atoms with Gasteiger partial charge in [-0.1, -0.05) is 0 Å². The molecule has 0 unspecified atom stereocenters. The molecule has 0 radical (unpaired) electrons. The van der Waals surface area contributed by atoms with E-state index in [2.05, 4.69) is 9.71 Å². The van der Waals surface area contributed by atoms with E-state index in [0.717, 1.165) is 23.5 Å². The molecule has 5 nitrogen and oxygen atoms in total. The summed E-state index contributed by atoms with van der Waals surface area (Å²) in [6, 6.07) is 6.41. The molecule has 0 spiro atoms. The monoisotopic (exact) mass is 365 g/mol. The maximum Gasteiger partial charge on any atom is 0.263 e. The Hall–Kier alpha value is -2.70. The van der Waals surface area contributed by atoms with Crippen LogP contribution in [0.25, 0.3) is 11.3 Å². The van der Waals surface area contributed by atoms with Crippen LogP contribution in [0.5, 0.6) is 0 Å². The molecule has 0 amide bonds. The van der Waals surface area contributed by atoms with Crippen molar-refractivity contribution in [2.45, 2.75) is 4.90 Å². The minimum Gasteiger partial charge on any atom is -0.360 e. The highest BCUT2D eigenvalue weighted by Gasteiger charge is 2.19. The van der Waals surface area contributed by atoms with Crippen molar-refractivity contribution in [2.75, 3.05) is 4.72 Å². The molecule has 0 aliphatic heterocycles. The first-order chi connectivity index (χ1) is 11.4. The lowest BCUT2D eigenvalue weighted by atomic mass is 10.2. The minimum absolute atomic E-state index is 0.0762. The summed E-state index contributed by atoms with van der Waals surface area (Å²) in [7, 11) is -4.06. The van der Waals surface area contributed by atoms with E-state index < -0.39 is 21.7 Å². The molecule has 0 saturated carbocycles. The maximum atomic E-state index is 13.8. The predicted octanol–water partition coefficient (Wildman–Crippen LogP) is 3.69. The molecular weight excluding hydrogens is 356 g/mol. The van der Waals surface area contributed by atoms with Crippen molar-refractivity contribution < 1.29 is 17.2 Å². The highest BCUT2D eigenvalue weighted by atomic mass is 32.2. The third-order valence-electron chi connectivity index (χ3n) is 3.21. The lowest BCUT2D eigenvalue weighted by Crippen LogP contribution is -2.13. The van der Waals surface area contributed by atoms with E-state index in [9.17, 15) is 17.2 Å². The zero-order chi connectivity index (χ0) is 17.3. The fraction of sp³-hybridized carbons (Fsp3) is 0. The topological polar surface area (TPSA) is 85.8 Å². The summed E-state index contributed by atoms with van der Waals surface area (Å²) in [5.41, 5.74) is 0.353. The van der Waals surface area contributed by atoms with Crippen LogP contribution in [0, 0.1) is 23.0 Å². The van der Waals surface area contributed by atoms with Gasteiger partial charge in [0.15, 0.2) is 0 Å². The van der Waals surface area contributed by atoms with Crippen molar-refractivity contribution in [2.24, 2.45) is 0 Å². The molecule has 0 aliphatic rings. The Labute approximate surface area is 140 Å². The van der Waals surface area contributed by atoms with Gasteiger partial charge in [-0.2, -0.15) is 5.26 Å². The summed E-state index contributed by atoms with van der Waals surface area (Å²) in [6.45, 7) is 0. The lowest BCUT2D eigenvalue weighted by Gasteiger charge is -2.07. The van der Waals surface area contributed by atoms with Crippen LogP contribution >= 0.6 is 11.3 Å². The Morgan fingerprint density at radius 1 is 1.17 bits per heavy atom. The van der Waals surface area contributed by atoms with Gasteiger partial charge in [-0.3, -0.25) is 4.72 Å². The molecule has 0 bridgehead atoms. The fourth-order valence-electron chi connectivity index (χ4n) is 2.03. The molecule has 9 heteroatoms. The summed E-state index contributed by atoms with van der Waals surface area (Å²) >= 11 is 1.15. The zero-order valence-electron chi connectivity index (χ0n) is 11.9. The molecule has 0 saturated heterocycles. The van der Waals surface area contributed by atoms with Gasteiger partial charge in [-0.15, -0.1) is 11.3 Å². The lowest BCUT2D eigenvalue weighted by molar-refractivity contribution is 0.598. The van der Waals surface area contributed by atoms with E-state index in [-0.39, 0.29) is 21.7 Å². The second-order valence-corrected chi connectivity index (χ2v) is 7.22. The number of rotatable bonds is 4. The van der Waals surface area contributed by atoms with E-state index >= 15 is 0 Å². The van der Waals surface area contributed by atoms with Gasteiger partial charge in [0.25, 0.3) is 10.0 Å². The Kier molecular flexibility index (Phi) is 4.09. The van der Waals surface area contributed by atoms with Crippen LogP contribution in [-0.2, 0) is 10.0 Å². The molecule has 2 N–H and O–H groups in total. The van der Waals surface area contributed by atoms with Crippen LogP contribution in [0.2, 0.25) is 0 Å². The number of H-pyrrole nitrogens is 1. The molecule has 0 fully saturated rings. The number of nitrogens with zero attached hydrogens (tertiary/aromatic N) is 1. The van der Waals surface area contributed by atoms with Crippen molar-refractivity contribution in [3.8, 4) is 17.3 Å². The van der Waals surface area contributed by atoms with E-state index in [4.69, 9.17) is 5.26 Å². The molecule has 0 aliphatic carbocycles. The van der Waals surface area contributed by atoms with E-state index in [1.165, 1.54) is 23.7 Å². The number of nitrogens with one attached hydrogen (secondary N) is 2. The molecule has 24 heavy (non-hydrogen) atoms. The van der Waals surface area contributed by atoms with E-state index in [0.29, 0.717) is 5.69 Å². The number of aromatic nitrogens is 1. The summed E-state index contributed by atoms with van der Waals surface area (Å²) in [4.78, 5) is 2.52. The Morgan fingerprint density at radius 2 is 1.96 bits per heavy atom. The van der Waals surface area contributed by atoms with Crippen LogP contribution in [0.15, 0.2) is 46.1 Å². The summed E-state index contributed by atoms with van der Waals surface area (Å²) in [5.74, 6) is -1.32. The number of anilines is 1.